The molecule has 0 N–H and O–H groups in total. The summed E-state index contributed by atoms with van der Waals surface area (Å²) >= 11 is 0. The van der Waals surface area contributed by atoms with Crippen LogP contribution >= 0.6 is 0 Å². The minimum Gasteiger partial charge on any atom is -0.456 e. The SMILES string of the molecule is [C-]#[N+]c1ccc2c(oc3c(-c4cccc[n+]4C)c(C)cc(C(C)C)c32)c1C(C)C. The Morgan fingerprint density at radius 3 is 2.38 bits per heavy atom. The molecule has 0 atom stereocenters. The van der Waals surface area contributed by atoms with E-state index in [0.29, 0.717) is 11.6 Å². The Labute approximate surface area is 172 Å². The summed E-state index contributed by atoms with van der Waals surface area (Å²) in [5.41, 5.74) is 8.22. The summed E-state index contributed by atoms with van der Waals surface area (Å²) in [6.07, 6.45) is 2.07. The third kappa shape index (κ3) is 2.91. The number of hydrogen-bond acceptors (Lipinski definition) is 1. The van der Waals surface area contributed by atoms with E-state index >= 15 is 0 Å². The molecule has 4 aromatic rings. The molecule has 4 rings (SSSR count). The summed E-state index contributed by atoms with van der Waals surface area (Å²) < 4.78 is 8.78. The normalized spacial score (nSPS) is 11.7. The van der Waals surface area contributed by atoms with Gasteiger partial charge < -0.3 is 4.42 Å². The lowest BCUT2D eigenvalue weighted by atomic mass is 9.90. The highest BCUT2D eigenvalue weighted by Gasteiger charge is 2.25. The first kappa shape index (κ1) is 19.2. The monoisotopic (exact) mass is 383 g/mol. The Morgan fingerprint density at radius 1 is 1.00 bits per heavy atom. The Bertz CT molecular complexity index is 1290. The van der Waals surface area contributed by atoms with Gasteiger partial charge in [-0.1, -0.05) is 45.9 Å². The molecule has 0 aliphatic rings. The molecule has 0 saturated heterocycles. The summed E-state index contributed by atoms with van der Waals surface area (Å²) in [5.74, 6) is 0.585. The quantitative estimate of drug-likeness (QED) is 0.271. The average Bonchev–Trinajstić information content (AvgIpc) is 3.06. The molecule has 0 fully saturated rings. The van der Waals surface area contributed by atoms with Crippen molar-refractivity contribution in [3.05, 3.63) is 70.7 Å². The fourth-order valence-corrected chi connectivity index (χ4v) is 4.40. The first-order valence-electron chi connectivity index (χ1n) is 10.2. The standard InChI is InChI=1S/C26H27N2O/c1-15(2)19-14-17(5)23(21-10-8-9-13-28(21)7)26-24(19)18-11-12-20(27-6)22(16(3)4)25(18)29-26/h8-16H,1-5,7H3/q+1. The summed E-state index contributed by atoms with van der Waals surface area (Å²) in [6.45, 7) is 18.5. The van der Waals surface area contributed by atoms with Gasteiger partial charge in [-0.15, -0.1) is 0 Å². The van der Waals surface area contributed by atoms with Crippen LogP contribution in [0.4, 0.5) is 5.69 Å². The summed E-state index contributed by atoms with van der Waals surface area (Å²) in [4.78, 5) is 3.77. The molecule has 2 aromatic carbocycles. The molecule has 0 radical (unpaired) electrons. The van der Waals surface area contributed by atoms with Crippen LogP contribution < -0.4 is 4.57 Å². The summed E-state index contributed by atoms with van der Waals surface area (Å²) in [6, 6.07) is 12.6. The third-order valence-electron chi connectivity index (χ3n) is 5.79. The van der Waals surface area contributed by atoms with E-state index in [1.165, 1.54) is 16.5 Å². The van der Waals surface area contributed by atoms with Gasteiger partial charge in [0, 0.05) is 28.5 Å². The number of benzene rings is 2. The van der Waals surface area contributed by atoms with E-state index in [1.807, 2.05) is 12.1 Å². The molecule has 3 heteroatoms. The third-order valence-corrected chi connectivity index (χ3v) is 5.79. The van der Waals surface area contributed by atoms with Crippen LogP contribution in [0.25, 0.3) is 38.0 Å². The smallest absolute Gasteiger partial charge is 0.216 e. The Balaban J connectivity index is 2.26. The molecular weight excluding hydrogens is 356 g/mol. The molecular formula is C26H27N2O+. The second kappa shape index (κ2) is 7.04. The molecule has 29 heavy (non-hydrogen) atoms. The van der Waals surface area contributed by atoms with Crippen molar-refractivity contribution < 1.29 is 8.98 Å². The molecule has 0 amide bonds. The lowest BCUT2D eigenvalue weighted by molar-refractivity contribution is -0.660. The van der Waals surface area contributed by atoms with Crippen LogP contribution in [-0.4, -0.2) is 0 Å². The molecule has 0 saturated carbocycles. The van der Waals surface area contributed by atoms with Crippen molar-refractivity contribution in [1.29, 1.82) is 0 Å². The molecule has 0 spiro atoms. The van der Waals surface area contributed by atoms with Gasteiger partial charge in [-0.25, -0.2) is 9.41 Å². The van der Waals surface area contributed by atoms with E-state index in [4.69, 9.17) is 11.0 Å². The lowest BCUT2D eigenvalue weighted by Gasteiger charge is -2.12. The number of fused-ring (bicyclic) bond motifs is 3. The lowest BCUT2D eigenvalue weighted by Crippen LogP contribution is -2.30. The highest BCUT2D eigenvalue weighted by atomic mass is 16.3. The minimum absolute atomic E-state index is 0.211. The Hall–Kier alpha value is -3.12. The van der Waals surface area contributed by atoms with Crippen molar-refractivity contribution in [3.63, 3.8) is 0 Å². The van der Waals surface area contributed by atoms with Gasteiger partial charge in [0.1, 0.15) is 18.2 Å². The second-order valence-electron chi connectivity index (χ2n) is 8.46. The number of rotatable bonds is 3. The zero-order chi connectivity index (χ0) is 20.9. The fourth-order valence-electron chi connectivity index (χ4n) is 4.40. The van der Waals surface area contributed by atoms with Crippen LogP contribution in [0.3, 0.4) is 0 Å². The topological polar surface area (TPSA) is 21.4 Å². The maximum absolute atomic E-state index is 7.62. The van der Waals surface area contributed by atoms with E-state index in [2.05, 4.69) is 81.5 Å². The van der Waals surface area contributed by atoms with Gasteiger partial charge in [-0.05, 0) is 36.0 Å². The van der Waals surface area contributed by atoms with Crippen LogP contribution in [0.2, 0.25) is 0 Å². The van der Waals surface area contributed by atoms with Gasteiger partial charge in [0.2, 0.25) is 5.69 Å². The van der Waals surface area contributed by atoms with Crippen LogP contribution in [0, 0.1) is 13.5 Å². The van der Waals surface area contributed by atoms with E-state index in [0.717, 1.165) is 33.4 Å². The van der Waals surface area contributed by atoms with Crippen LogP contribution in [-0.2, 0) is 7.05 Å². The Morgan fingerprint density at radius 2 is 1.76 bits per heavy atom. The number of aromatic nitrogens is 1. The predicted molar refractivity (Wildman–Crippen MR) is 120 cm³/mol. The number of aryl methyl sites for hydroxylation is 2. The molecule has 146 valence electrons. The van der Waals surface area contributed by atoms with Crippen molar-refractivity contribution in [2.75, 3.05) is 0 Å². The molecule has 0 aliphatic heterocycles. The zero-order valence-electron chi connectivity index (χ0n) is 18.0. The predicted octanol–water partition coefficient (Wildman–Crippen LogP) is 7.18. The van der Waals surface area contributed by atoms with Crippen molar-refractivity contribution in [3.8, 4) is 11.3 Å². The molecule has 3 nitrogen and oxygen atoms in total. The average molecular weight is 384 g/mol. The largest absolute Gasteiger partial charge is 0.456 e. The van der Waals surface area contributed by atoms with Gasteiger partial charge >= 0.3 is 0 Å². The first-order valence-corrected chi connectivity index (χ1v) is 10.2. The van der Waals surface area contributed by atoms with Crippen molar-refractivity contribution in [2.24, 2.45) is 7.05 Å². The first-order chi connectivity index (χ1) is 13.8. The van der Waals surface area contributed by atoms with E-state index in [1.54, 1.807) is 0 Å². The van der Waals surface area contributed by atoms with Crippen molar-refractivity contribution >= 4 is 27.6 Å². The molecule has 2 heterocycles. The molecule has 0 unspecified atom stereocenters. The van der Waals surface area contributed by atoms with Crippen LogP contribution in [0.1, 0.15) is 56.2 Å². The van der Waals surface area contributed by atoms with Gasteiger partial charge in [0.05, 0.1) is 12.1 Å². The maximum atomic E-state index is 7.62. The van der Waals surface area contributed by atoms with E-state index < -0.39 is 0 Å². The Kier molecular flexibility index (Phi) is 4.67. The maximum Gasteiger partial charge on any atom is 0.216 e. The second-order valence-corrected chi connectivity index (χ2v) is 8.46. The zero-order valence-corrected chi connectivity index (χ0v) is 18.0. The number of nitrogens with zero attached hydrogens (tertiary/aromatic N) is 2. The van der Waals surface area contributed by atoms with Gasteiger partial charge in [-0.2, -0.15) is 0 Å². The summed E-state index contributed by atoms with van der Waals surface area (Å²) in [5, 5.41) is 2.29. The fraction of sp³-hybridized carbons (Fsp3) is 0.308. The molecule has 0 bridgehead atoms. The summed E-state index contributed by atoms with van der Waals surface area (Å²) in [7, 11) is 2.07. The van der Waals surface area contributed by atoms with E-state index in [-0.39, 0.29) is 5.92 Å². The highest BCUT2D eigenvalue weighted by molar-refractivity contribution is 6.13. The molecule has 0 aliphatic carbocycles. The van der Waals surface area contributed by atoms with Crippen molar-refractivity contribution in [1.82, 2.24) is 0 Å². The number of hydrogen-bond donors (Lipinski definition) is 0. The van der Waals surface area contributed by atoms with Gasteiger partial charge in [0.15, 0.2) is 11.9 Å². The van der Waals surface area contributed by atoms with Crippen LogP contribution in [0.5, 0.6) is 0 Å². The number of pyridine rings is 1. The van der Waals surface area contributed by atoms with E-state index in [9.17, 15) is 0 Å². The van der Waals surface area contributed by atoms with Gasteiger partial charge in [0.25, 0.3) is 0 Å². The van der Waals surface area contributed by atoms with Crippen LogP contribution in [0.15, 0.2) is 47.0 Å². The molecule has 2 aromatic heterocycles. The highest BCUT2D eigenvalue weighted by Crippen LogP contribution is 2.45. The minimum atomic E-state index is 0.211. The van der Waals surface area contributed by atoms with Crippen molar-refractivity contribution in [2.45, 2.75) is 46.5 Å². The van der Waals surface area contributed by atoms with Gasteiger partial charge in [-0.3, -0.25) is 0 Å². The number of furan rings is 1.